The minimum Gasteiger partial charge on any atom is -0.472 e. The topological polar surface area (TPSA) is 186 Å². The van der Waals surface area contributed by atoms with Crippen molar-refractivity contribution in [2.24, 2.45) is 28.1 Å². The van der Waals surface area contributed by atoms with Crippen LogP contribution < -0.4 is 0 Å². The molecule has 0 amide bonds. The van der Waals surface area contributed by atoms with Crippen molar-refractivity contribution >= 4 is 23.9 Å². The van der Waals surface area contributed by atoms with Crippen molar-refractivity contribution in [2.45, 2.75) is 108 Å². The summed E-state index contributed by atoms with van der Waals surface area (Å²) in [5, 5.41) is 25.0. The van der Waals surface area contributed by atoms with E-state index in [0.717, 1.165) is 7.11 Å². The van der Waals surface area contributed by atoms with Crippen LogP contribution in [0.5, 0.6) is 0 Å². The summed E-state index contributed by atoms with van der Waals surface area (Å²) < 4.78 is 48.8. The van der Waals surface area contributed by atoms with E-state index in [0.29, 0.717) is 11.1 Å². The van der Waals surface area contributed by atoms with Gasteiger partial charge in [-0.05, 0) is 25.0 Å². The molecule has 6 fully saturated rings. The zero-order valence-corrected chi connectivity index (χ0v) is 27.1. The van der Waals surface area contributed by atoms with Crippen LogP contribution >= 0.6 is 0 Å². The normalized spacial score (nSPS) is 51.8. The molecule has 2 unspecified atom stereocenters. The number of hydrogen-bond donors (Lipinski definition) is 2. The highest BCUT2D eigenvalue weighted by molar-refractivity contribution is 5.86. The molecular weight excluding hydrogens is 620 g/mol. The van der Waals surface area contributed by atoms with E-state index in [9.17, 15) is 29.4 Å². The fourth-order valence-corrected chi connectivity index (χ4v) is 11.8. The second-order valence-corrected chi connectivity index (χ2v) is 15.0. The minimum atomic E-state index is -1.81. The fourth-order valence-electron chi connectivity index (χ4n) is 11.8. The van der Waals surface area contributed by atoms with E-state index in [1.165, 1.54) is 32.4 Å². The number of cyclic esters (lactones) is 1. The fraction of sp³-hybridized carbons (Fsp3) is 0.697. The molecular formula is C33H38O14. The molecule has 8 rings (SSSR count). The standard InChI is InChI=1S/C33H38O14/c1-14(34)42-18-11-32-29(5)22(21(37)26(38)40-7)27(3)13-31(29,39)20(24(27)43-15(2)35)25-33(32,47-30(6,45-25)46-32)17-10-19(36)44-23(28(17,18)4)16-8-9-41-12-16/h8-10,12,18,20-25,37,39H,11,13H2,1-7H3/t18-,20?,21+,22?,23+,24+,25+,27-,28-,29+,30-,31-,32-,33+/m1/s1. The lowest BCUT2D eigenvalue weighted by Gasteiger charge is -2.74. The highest BCUT2D eigenvalue weighted by Crippen LogP contribution is 2.87. The summed E-state index contributed by atoms with van der Waals surface area (Å²) in [6, 6.07) is 1.65. The van der Waals surface area contributed by atoms with Crippen LogP contribution in [0.2, 0.25) is 0 Å². The van der Waals surface area contributed by atoms with E-state index in [-0.39, 0.29) is 12.8 Å². The molecule has 4 heterocycles. The summed E-state index contributed by atoms with van der Waals surface area (Å²) in [7, 11) is 1.14. The predicted octanol–water partition coefficient (Wildman–Crippen LogP) is 1.62. The van der Waals surface area contributed by atoms with Crippen molar-refractivity contribution in [1.29, 1.82) is 0 Å². The van der Waals surface area contributed by atoms with E-state index in [2.05, 4.69) is 0 Å². The largest absolute Gasteiger partial charge is 0.472 e. The number of methoxy groups -OCH3 is 1. The first-order chi connectivity index (χ1) is 21.9. The number of furan rings is 1. The number of esters is 4. The molecule has 47 heavy (non-hydrogen) atoms. The number of rotatable bonds is 5. The Balaban J connectivity index is 1.46. The maximum atomic E-state index is 13.6. The number of ether oxygens (including phenoxy) is 7. The maximum Gasteiger partial charge on any atom is 0.335 e. The number of aliphatic hydroxyl groups excluding tert-OH is 1. The molecule has 2 saturated heterocycles. The van der Waals surface area contributed by atoms with Crippen LogP contribution in [-0.2, 0) is 52.3 Å². The molecule has 4 aliphatic carbocycles. The van der Waals surface area contributed by atoms with Gasteiger partial charge in [-0.2, -0.15) is 0 Å². The first-order valence-electron chi connectivity index (χ1n) is 15.8. The molecule has 3 aliphatic heterocycles. The van der Waals surface area contributed by atoms with Crippen LogP contribution in [0.15, 0.2) is 34.7 Å². The Morgan fingerprint density at radius 3 is 2.38 bits per heavy atom. The summed E-state index contributed by atoms with van der Waals surface area (Å²) in [5.74, 6) is -6.81. The zero-order valence-electron chi connectivity index (χ0n) is 27.1. The molecule has 1 spiro atoms. The molecule has 7 aliphatic rings. The first-order valence-corrected chi connectivity index (χ1v) is 15.8. The van der Waals surface area contributed by atoms with Crippen molar-refractivity contribution in [3.63, 3.8) is 0 Å². The Hall–Kier alpha value is -3.30. The molecule has 14 atom stereocenters. The van der Waals surface area contributed by atoms with Gasteiger partial charge in [-0.3, -0.25) is 9.59 Å². The zero-order chi connectivity index (χ0) is 33.9. The first kappa shape index (κ1) is 31.0. The van der Waals surface area contributed by atoms with Gasteiger partial charge in [0, 0.05) is 55.6 Å². The molecule has 14 heteroatoms. The van der Waals surface area contributed by atoms with E-state index in [4.69, 9.17) is 37.6 Å². The Morgan fingerprint density at radius 2 is 1.77 bits per heavy atom. The summed E-state index contributed by atoms with van der Waals surface area (Å²) in [6.07, 6.45) is -1.98. The summed E-state index contributed by atoms with van der Waals surface area (Å²) in [5.41, 5.74) is -8.45. The third-order valence-corrected chi connectivity index (χ3v) is 13.0. The van der Waals surface area contributed by atoms with Crippen molar-refractivity contribution in [3.05, 3.63) is 35.8 Å². The van der Waals surface area contributed by atoms with Crippen LogP contribution in [0.1, 0.15) is 66.1 Å². The smallest absolute Gasteiger partial charge is 0.335 e. The van der Waals surface area contributed by atoms with Gasteiger partial charge in [0.15, 0.2) is 11.7 Å². The highest BCUT2D eigenvalue weighted by Gasteiger charge is 2.99. The number of carbonyl (C=O) groups excluding carboxylic acids is 4. The van der Waals surface area contributed by atoms with Crippen LogP contribution in [0.25, 0.3) is 0 Å². The van der Waals surface area contributed by atoms with Crippen molar-refractivity contribution < 1.29 is 67.0 Å². The van der Waals surface area contributed by atoms with Gasteiger partial charge in [0.1, 0.15) is 30.0 Å². The Morgan fingerprint density at radius 1 is 1.06 bits per heavy atom. The second-order valence-electron chi connectivity index (χ2n) is 15.0. The van der Waals surface area contributed by atoms with Crippen molar-refractivity contribution in [3.8, 4) is 0 Å². The molecule has 0 radical (unpaired) electrons. The summed E-state index contributed by atoms with van der Waals surface area (Å²) in [4.78, 5) is 52.3. The van der Waals surface area contributed by atoms with E-state index >= 15 is 0 Å². The SMILES string of the molecule is COC(=O)[C@@H](O)C1[C@]2(C)[C@]34C[C@@H](OC(C)=O)[C@@]5(C)C(=CC(=O)O[C@H]5c5ccoc5)[C@@]35O[C@](C)(O[C@H]5C3[C@H](OC(C)=O)[C@]1(C)C[C@@]32O)O4. The van der Waals surface area contributed by atoms with E-state index < -0.39 is 105 Å². The Kier molecular flexibility index (Phi) is 5.82. The van der Waals surface area contributed by atoms with E-state index in [1.807, 2.05) is 0 Å². The molecule has 1 aromatic heterocycles. The minimum absolute atomic E-state index is 0.0101. The molecule has 1 aromatic rings. The number of fused-ring (bicyclic) bond motifs is 4. The Labute approximate surface area is 269 Å². The van der Waals surface area contributed by atoms with Crippen LogP contribution in [-0.4, -0.2) is 88.4 Å². The number of carbonyl (C=O) groups is 4. The molecule has 0 aromatic carbocycles. The molecule has 2 N–H and O–H groups in total. The lowest BCUT2D eigenvalue weighted by Crippen LogP contribution is -2.88. The average molecular weight is 659 g/mol. The molecule has 14 nitrogen and oxygen atoms in total. The van der Waals surface area contributed by atoms with Crippen LogP contribution in [0.3, 0.4) is 0 Å². The van der Waals surface area contributed by atoms with Gasteiger partial charge in [-0.1, -0.05) is 13.8 Å². The van der Waals surface area contributed by atoms with E-state index in [1.54, 1.807) is 33.8 Å². The summed E-state index contributed by atoms with van der Waals surface area (Å²) >= 11 is 0. The molecule has 254 valence electrons. The van der Waals surface area contributed by atoms with Gasteiger partial charge < -0.3 is 47.8 Å². The maximum absolute atomic E-state index is 13.6. The Bertz CT molecular complexity index is 1650. The van der Waals surface area contributed by atoms with Gasteiger partial charge >= 0.3 is 23.9 Å². The van der Waals surface area contributed by atoms with Gasteiger partial charge in [0.25, 0.3) is 5.97 Å². The lowest BCUT2D eigenvalue weighted by atomic mass is 9.35. The van der Waals surface area contributed by atoms with Gasteiger partial charge in [-0.15, -0.1) is 0 Å². The summed E-state index contributed by atoms with van der Waals surface area (Å²) in [6.45, 7) is 9.35. The van der Waals surface area contributed by atoms with Crippen molar-refractivity contribution in [1.82, 2.24) is 0 Å². The molecule has 4 saturated carbocycles. The molecule has 4 bridgehead atoms. The predicted molar refractivity (Wildman–Crippen MR) is 151 cm³/mol. The van der Waals surface area contributed by atoms with Gasteiger partial charge in [0.2, 0.25) is 0 Å². The quantitative estimate of drug-likeness (QED) is 0.343. The van der Waals surface area contributed by atoms with Crippen molar-refractivity contribution in [2.75, 3.05) is 7.11 Å². The average Bonchev–Trinajstić information content (AvgIpc) is 3.74. The number of hydrogen-bond acceptors (Lipinski definition) is 14. The number of aliphatic hydroxyl groups is 2. The van der Waals surface area contributed by atoms with Gasteiger partial charge in [-0.25, -0.2) is 9.59 Å². The van der Waals surface area contributed by atoms with Crippen LogP contribution in [0, 0.1) is 28.1 Å². The second kappa shape index (κ2) is 8.83. The highest BCUT2D eigenvalue weighted by atomic mass is 16.9. The van der Waals surface area contributed by atoms with Gasteiger partial charge in [0.05, 0.1) is 36.6 Å². The van der Waals surface area contributed by atoms with Crippen LogP contribution in [0.4, 0.5) is 0 Å². The monoisotopic (exact) mass is 658 g/mol. The lowest BCUT2D eigenvalue weighted by molar-refractivity contribution is -0.419. The third-order valence-electron chi connectivity index (χ3n) is 13.0. The third kappa shape index (κ3) is 3.11.